The maximum atomic E-state index is 13.2. The van der Waals surface area contributed by atoms with Gasteiger partial charge in [-0.25, -0.2) is 13.4 Å². The molecule has 0 aliphatic heterocycles. The summed E-state index contributed by atoms with van der Waals surface area (Å²) in [6.07, 6.45) is 3.45. The molecule has 0 saturated carbocycles. The minimum Gasteiger partial charge on any atom is -0.435 e. The van der Waals surface area contributed by atoms with E-state index in [1.807, 2.05) is 29.7 Å². The van der Waals surface area contributed by atoms with Gasteiger partial charge in [-0.2, -0.15) is 8.78 Å². The Morgan fingerprint density at radius 3 is 2.43 bits per heavy atom. The van der Waals surface area contributed by atoms with Crippen LogP contribution in [0.25, 0.3) is 16.8 Å². The molecule has 1 N–H and O–H groups in total. The van der Waals surface area contributed by atoms with Crippen LogP contribution in [0.1, 0.15) is 43.1 Å². The molecule has 1 amide bonds. The number of amides is 1. The summed E-state index contributed by atoms with van der Waals surface area (Å²) in [6.45, 7) is 0.328. The maximum absolute atomic E-state index is 13.2. The Morgan fingerprint density at radius 2 is 1.78 bits per heavy atom. The predicted octanol–water partition coefficient (Wildman–Crippen LogP) is 4.89. The summed E-state index contributed by atoms with van der Waals surface area (Å²) in [4.78, 5) is 17.2. The van der Waals surface area contributed by atoms with E-state index < -0.39 is 22.0 Å². The molecule has 1 unspecified atom stereocenters. The molecular weight excluding hydrogens is 500 g/mol. The number of sulfone groups is 1. The van der Waals surface area contributed by atoms with Gasteiger partial charge in [0.05, 0.1) is 21.8 Å². The molecule has 0 radical (unpaired) electrons. The van der Waals surface area contributed by atoms with E-state index in [1.165, 1.54) is 13.0 Å². The van der Waals surface area contributed by atoms with Crippen LogP contribution in [-0.4, -0.2) is 36.6 Å². The average molecular weight is 526 g/mol. The minimum absolute atomic E-state index is 0.0722. The number of ether oxygens (including phenoxy) is 1. The Hall–Kier alpha value is -3.79. The highest BCUT2D eigenvalue weighted by molar-refractivity contribution is 7.90. The van der Waals surface area contributed by atoms with E-state index in [2.05, 4.69) is 5.32 Å². The Balaban J connectivity index is 1.68. The molecular formula is C27H25F2N3O4S. The highest BCUT2D eigenvalue weighted by atomic mass is 32.2. The molecule has 192 valence electrons. The minimum atomic E-state index is -3.32. The number of carbonyl (C=O) groups excluding carboxylic acids is 1. The summed E-state index contributed by atoms with van der Waals surface area (Å²) in [5.41, 5.74) is 3.43. The molecule has 0 saturated heterocycles. The second kappa shape index (κ2) is 8.95. The van der Waals surface area contributed by atoms with E-state index >= 15 is 0 Å². The van der Waals surface area contributed by atoms with Gasteiger partial charge in [0, 0.05) is 30.9 Å². The number of aromatic nitrogens is 2. The van der Waals surface area contributed by atoms with Crippen LogP contribution in [-0.2, 0) is 20.2 Å². The molecule has 0 fully saturated rings. The van der Waals surface area contributed by atoms with E-state index in [0.717, 1.165) is 23.1 Å². The summed E-state index contributed by atoms with van der Waals surface area (Å²) in [6, 6.07) is 17.0. The lowest BCUT2D eigenvalue weighted by Crippen LogP contribution is -2.41. The van der Waals surface area contributed by atoms with Gasteiger partial charge in [0.15, 0.2) is 9.84 Å². The normalized spacial score (nSPS) is 19.2. The lowest BCUT2D eigenvalue weighted by Gasteiger charge is -2.26. The first-order valence-electron chi connectivity index (χ1n) is 11.6. The smallest absolute Gasteiger partial charge is 0.387 e. The molecule has 0 spiro atoms. The first-order valence-corrected chi connectivity index (χ1v) is 13.5. The quantitative estimate of drug-likeness (QED) is 0.387. The first-order chi connectivity index (χ1) is 17.5. The zero-order valence-corrected chi connectivity index (χ0v) is 21.2. The maximum Gasteiger partial charge on any atom is 0.387 e. The van der Waals surface area contributed by atoms with Gasteiger partial charge in [0.2, 0.25) is 5.91 Å². The number of pyridine rings is 1. The first kappa shape index (κ1) is 24.9. The van der Waals surface area contributed by atoms with Crippen molar-refractivity contribution >= 4 is 21.4 Å². The van der Waals surface area contributed by atoms with Crippen molar-refractivity contribution in [2.45, 2.75) is 43.2 Å². The summed E-state index contributed by atoms with van der Waals surface area (Å²) in [5.74, 6) is -0.544. The van der Waals surface area contributed by atoms with E-state index in [0.29, 0.717) is 23.3 Å². The van der Waals surface area contributed by atoms with Gasteiger partial charge >= 0.3 is 6.61 Å². The summed E-state index contributed by atoms with van der Waals surface area (Å²) in [7, 11) is -3.32. The molecule has 10 heteroatoms. The second-order valence-corrected chi connectivity index (χ2v) is 11.5. The number of carbonyl (C=O) groups is 1. The highest BCUT2D eigenvalue weighted by Crippen LogP contribution is 2.49. The van der Waals surface area contributed by atoms with Crippen molar-refractivity contribution in [2.75, 3.05) is 6.26 Å². The van der Waals surface area contributed by atoms with Crippen LogP contribution < -0.4 is 10.1 Å². The molecule has 2 aromatic carbocycles. The SMILES string of the molecule is CC(=O)NC1(C)C[C@H](c2ccccc2OC(F)F)c2c1nc1ccc(-c3ccc(S(C)(=O)=O)cc3)cn21. The monoisotopic (exact) mass is 525 g/mol. The molecule has 37 heavy (non-hydrogen) atoms. The lowest BCUT2D eigenvalue weighted by atomic mass is 9.91. The molecule has 2 heterocycles. The van der Waals surface area contributed by atoms with Gasteiger partial charge in [0.25, 0.3) is 0 Å². The van der Waals surface area contributed by atoms with Crippen molar-refractivity contribution in [3.63, 3.8) is 0 Å². The van der Waals surface area contributed by atoms with Crippen molar-refractivity contribution in [3.8, 4) is 16.9 Å². The highest BCUT2D eigenvalue weighted by Gasteiger charge is 2.46. The van der Waals surface area contributed by atoms with Crippen molar-refractivity contribution in [2.24, 2.45) is 0 Å². The number of nitrogens with one attached hydrogen (secondary N) is 1. The number of fused-ring (bicyclic) bond motifs is 3. The Labute approximate surface area is 213 Å². The summed E-state index contributed by atoms with van der Waals surface area (Å²) in [5, 5.41) is 3.00. The van der Waals surface area contributed by atoms with Crippen LogP contribution in [0.2, 0.25) is 0 Å². The number of halogens is 2. The number of hydrogen-bond acceptors (Lipinski definition) is 5. The molecule has 2 aromatic heterocycles. The van der Waals surface area contributed by atoms with Gasteiger partial charge in [-0.3, -0.25) is 4.79 Å². The number of imidazole rings is 1. The number of alkyl halides is 2. The van der Waals surface area contributed by atoms with Gasteiger partial charge in [-0.1, -0.05) is 30.3 Å². The summed E-state index contributed by atoms with van der Waals surface area (Å²) >= 11 is 0. The Kier molecular flexibility index (Phi) is 6.02. The molecule has 1 aliphatic rings. The van der Waals surface area contributed by atoms with Crippen LogP contribution in [0.3, 0.4) is 0 Å². The number of para-hydroxylation sites is 1. The topological polar surface area (TPSA) is 89.8 Å². The van der Waals surface area contributed by atoms with Crippen LogP contribution in [0.4, 0.5) is 8.78 Å². The van der Waals surface area contributed by atoms with E-state index in [4.69, 9.17) is 9.72 Å². The number of benzene rings is 2. The van der Waals surface area contributed by atoms with Gasteiger partial charge in [-0.15, -0.1) is 0 Å². The van der Waals surface area contributed by atoms with E-state index in [-0.39, 0.29) is 22.5 Å². The Morgan fingerprint density at radius 1 is 1.11 bits per heavy atom. The van der Waals surface area contributed by atoms with Crippen LogP contribution >= 0.6 is 0 Å². The third kappa shape index (κ3) is 4.57. The van der Waals surface area contributed by atoms with Crippen molar-refractivity contribution in [1.82, 2.24) is 14.7 Å². The number of hydrogen-bond donors (Lipinski definition) is 1. The van der Waals surface area contributed by atoms with Crippen molar-refractivity contribution < 1.29 is 26.7 Å². The fourth-order valence-electron chi connectivity index (χ4n) is 5.20. The van der Waals surface area contributed by atoms with Gasteiger partial charge < -0.3 is 14.5 Å². The number of rotatable bonds is 6. The Bertz CT molecular complexity index is 1620. The van der Waals surface area contributed by atoms with Gasteiger partial charge in [-0.05, 0) is 54.8 Å². The molecule has 0 bridgehead atoms. The molecule has 2 atom stereocenters. The van der Waals surface area contributed by atoms with Crippen LogP contribution in [0.5, 0.6) is 5.75 Å². The molecule has 7 nitrogen and oxygen atoms in total. The molecule has 5 rings (SSSR count). The fraction of sp³-hybridized carbons (Fsp3) is 0.259. The van der Waals surface area contributed by atoms with Crippen LogP contribution in [0.15, 0.2) is 71.8 Å². The summed E-state index contributed by atoms with van der Waals surface area (Å²) < 4.78 is 56.9. The predicted molar refractivity (Wildman–Crippen MR) is 134 cm³/mol. The largest absolute Gasteiger partial charge is 0.435 e. The van der Waals surface area contributed by atoms with E-state index in [9.17, 15) is 22.0 Å². The van der Waals surface area contributed by atoms with Gasteiger partial charge in [0.1, 0.15) is 11.4 Å². The average Bonchev–Trinajstić information content (AvgIpc) is 3.33. The molecule has 1 aliphatic carbocycles. The van der Waals surface area contributed by atoms with Crippen molar-refractivity contribution in [1.29, 1.82) is 0 Å². The molecule has 4 aromatic rings. The third-order valence-corrected chi connectivity index (χ3v) is 7.83. The third-order valence-electron chi connectivity index (χ3n) is 6.70. The fourth-order valence-corrected chi connectivity index (χ4v) is 5.83. The zero-order chi connectivity index (χ0) is 26.5. The van der Waals surface area contributed by atoms with Crippen LogP contribution in [0, 0.1) is 0 Å². The zero-order valence-electron chi connectivity index (χ0n) is 20.4. The second-order valence-electron chi connectivity index (χ2n) is 9.47. The van der Waals surface area contributed by atoms with Crippen molar-refractivity contribution in [3.05, 3.63) is 83.8 Å². The standard InChI is InChI=1S/C27H25F2N3O4S/c1-16(33)31-27(2)14-21(20-6-4-5-7-22(20)36-26(28)29)24-25(27)30-23-13-10-18(15-32(23)24)17-8-11-19(12-9-17)37(3,34)35/h4-13,15,21,26H,14H2,1-3H3,(H,31,33)/t21-,27?/m1/s1. The lowest BCUT2D eigenvalue weighted by molar-refractivity contribution is -0.120. The van der Waals surface area contributed by atoms with E-state index in [1.54, 1.807) is 42.5 Å². The number of nitrogens with zero attached hydrogens (tertiary/aromatic N) is 2.